The van der Waals surface area contributed by atoms with E-state index in [1.165, 1.54) is 18.2 Å². The number of H-pyrrole nitrogens is 1. The smallest absolute Gasteiger partial charge is 0.342 e. The lowest BCUT2D eigenvalue weighted by Gasteiger charge is -2.32. The number of pyridine rings is 1. The molecule has 1 aliphatic heterocycles. The molecule has 0 bridgehead atoms. The fraction of sp³-hybridized carbons (Fsp3) is 0.368. The van der Waals surface area contributed by atoms with Crippen molar-refractivity contribution >= 4 is 5.91 Å². The van der Waals surface area contributed by atoms with Gasteiger partial charge in [0.15, 0.2) is 0 Å². The first-order valence-electron chi connectivity index (χ1n) is 8.46. The Balaban J connectivity index is 1.64. The Hall–Kier alpha value is -2.57. The van der Waals surface area contributed by atoms with E-state index in [9.17, 15) is 22.8 Å². The van der Waals surface area contributed by atoms with Crippen LogP contribution in [-0.2, 0) is 17.4 Å². The zero-order valence-corrected chi connectivity index (χ0v) is 14.1. The molecular weight excluding hydrogens is 345 g/mol. The van der Waals surface area contributed by atoms with Crippen LogP contribution in [0.3, 0.4) is 0 Å². The predicted octanol–water partition coefficient (Wildman–Crippen LogP) is 3.34. The van der Waals surface area contributed by atoms with Gasteiger partial charge in [0.1, 0.15) is 0 Å². The molecule has 0 atom stereocenters. The van der Waals surface area contributed by atoms with Crippen LogP contribution in [-0.4, -0.2) is 28.9 Å². The molecule has 0 radical (unpaired) electrons. The summed E-state index contributed by atoms with van der Waals surface area (Å²) in [5.41, 5.74) is 0.0153. The third-order valence-electron chi connectivity index (χ3n) is 4.78. The van der Waals surface area contributed by atoms with Gasteiger partial charge in [-0.15, -0.1) is 0 Å². The molecule has 26 heavy (non-hydrogen) atoms. The topological polar surface area (TPSA) is 53.2 Å². The average molecular weight is 364 g/mol. The average Bonchev–Trinajstić information content (AvgIpc) is 2.61. The molecule has 0 spiro atoms. The summed E-state index contributed by atoms with van der Waals surface area (Å²) in [5.74, 6) is -0.116. The van der Waals surface area contributed by atoms with Gasteiger partial charge in [0.05, 0.1) is 12.0 Å². The molecule has 3 rings (SSSR count). The van der Waals surface area contributed by atoms with E-state index < -0.39 is 11.7 Å². The molecule has 4 nitrogen and oxygen atoms in total. The van der Waals surface area contributed by atoms with Crippen LogP contribution in [0, 0.1) is 0 Å². The summed E-state index contributed by atoms with van der Waals surface area (Å²) in [6.45, 7) is 0.953. The standard InChI is InChI=1S/C19H19F3N2O2/c20-19(21,22)16-4-2-1-3-15(16)12-18(26)24-9-6-13(7-10-24)14-5-8-23-17(25)11-14/h1-5,8,11,13H,6-7,9-10,12H2,(H,23,25). The van der Waals surface area contributed by atoms with Gasteiger partial charge in [0.25, 0.3) is 0 Å². The highest BCUT2D eigenvalue weighted by molar-refractivity contribution is 5.79. The lowest BCUT2D eigenvalue weighted by molar-refractivity contribution is -0.138. The minimum atomic E-state index is -4.47. The number of piperidine rings is 1. The normalized spacial score (nSPS) is 15.9. The Kier molecular flexibility index (Phi) is 5.15. The number of amides is 1. The maximum atomic E-state index is 13.1. The van der Waals surface area contributed by atoms with E-state index in [0.717, 1.165) is 11.6 Å². The van der Waals surface area contributed by atoms with Gasteiger partial charge >= 0.3 is 6.18 Å². The highest BCUT2D eigenvalue weighted by Gasteiger charge is 2.34. The van der Waals surface area contributed by atoms with Crippen molar-refractivity contribution in [1.82, 2.24) is 9.88 Å². The van der Waals surface area contributed by atoms with Crippen molar-refractivity contribution in [2.75, 3.05) is 13.1 Å². The third kappa shape index (κ3) is 4.15. The first kappa shape index (κ1) is 18.2. The number of aromatic amines is 1. The van der Waals surface area contributed by atoms with E-state index in [-0.39, 0.29) is 29.4 Å². The number of nitrogens with zero attached hydrogens (tertiary/aromatic N) is 1. The zero-order chi connectivity index (χ0) is 18.7. The minimum Gasteiger partial charge on any atom is -0.342 e. The Morgan fingerprint density at radius 2 is 1.85 bits per heavy atom. The highest BCUT2D eigenvalue weighted by atomic mass is 19.4. The van der Waals surface area contributed by atoms with Gasteiger partial charge in [-0.3, -0.25) is 9.59 Å². The van der Waals surface area contributed by atoms with Crippen LogP contribution in [0.4, 0.5) is 13.2 Å². The van der Waals surface area contributed by atoms with Crippen LogP contribution in [0.5, 0.6) is 0 Å². The molecule has 1 aromatic heterocycles. The van der Waals surface area contributed by atoms with E-state index in [1.54, 1.807) is 17.2 Å². The molecule has 1 aliphatic rings. The van der Waals surface area contributed by atoms with E-state index in [4.69, 9.17) is 0 Å². The number of likely N-dealkylation sites (tertiary alicyclic amines) is 1. The van der Waals surface area contributed by atoms with Gasteiger partial charge in [-0.05, 0) is 42.0 Å². The number of carbonyl (C=O) groups excluding carboxylic acids is 1. The molecule has 2 aromatic rings. The van der Waals surface area contributed by atoms with E-state index in [1.807, 2.05) is 6.07 Å². The number of carbonyl (C=O) groups is 1. The van der Waals surface area contributed by atoms with Crippen molar-refractivity contribution in [3.8, 4) is 0 Å². The molecule has 1 saturated heterocycles. The summed E-state index contributed by atoms with van der Waals surface area (Å²) in [6, 6.07) is 8.59. The van der Waals surface area contributed by atoms with E-state index in [0.29, 0.717) is 25.9 Å². The molecule has 0 unspecified atom stereocenters. The second-order valence-corrected chi connectivity index (χ2v) is 6.47. The van der Waals surface area contributed by atoms with Crippen molar-refractivity contribution in [2.24, 2.45) is 0 Å². The van der Waals surface area contributed by atoms with Crippen molar-refractivity contribution in [1.29, 1.82) is 0 Å². The van der Waals surface area contributed by atoms with Gasteiger partial charge < -0.3 is 9.88 Å². The SMILES string of the molecule is O=C(Cc1ccccc1C(F)(F)F)N1CCC(c2cc[nH]c(=O)c2)CC1. The zero-order valence-electron chi connectivity index (χ0n) is 14.1. The molecule has 0 aliphatic carbocycles. The van der Waals surface area contributed by atoms with Gasteiger partial charge in [-0.2, -0.15) is 13.2 Å². The highest BCUT2D eigenvalue weighted by Crippen LogP contribution is 2.33. The fourth-order valence-electron chi connectivity index (χ4n) is 3.40. The van der Waals surface area contributed by atoms with Crippen molar-refractivity contribution in [2.45, 2.75) is 31.4 Å². The molecule has 1 fully saturated rings. The summed E-state index contributed by atoms with van der Waals surface area (Å²) in [4.78, 5) is 28.0. The van der Waals surface area contributed by atoms with Crippen LogP contribution in [0.15, 0.2) is 47.4 Å². The van der Waals surface area contributed by atoms with Crippen molar-refractivity contribution in [3.05, 3.63) is 69.6 Å². The number of aromatic nitrogens is 1. The minimum absolute atomic E-state index is 0.00159. The Labute approximate surface area is 148 Å². The summed E-state index contributed by atoms with van der Waals surface area (Å²) in [5, 5.41) is 0. The molecule has 2 heterocycles. The lowest BCUT2D eigenvalue weighted by atomic mass is 9.90. The number of alkyl halides is 3. The van der Waals surface area contributed by atoms with Crippen LogP contribution in [0.1, 0.15) is 35.4 Å². The maximum Gasteiger partial charge on any atom is 0.416 e. The largest absolute Gasteiger partial charge is 0.416 e. The lowest BCUT2D eigenvalue weighted by Crippen LogP contribution is -2.39. The van der Waals surface area contributed by atoms with Crippen LogP contribution in [0.2, 0.25) is 0 Å². The number of hydrogen-bond donors (Lipinski definition) is 1. The second kappa shape index (κ2) is 7.35. The second-order valence-electron chi connectivity index (χ2n) is 6.47. The number of nitrogens with one attached hydrogen (secondary N) is 1. The number of benzene rings is 1. The summed E-state index contributed by atoms with van der Waals surface area (Å²) >= 11 is 0. The van der Waals surface area contributed by atoms with Gasteiger partial charge in [0.2, 0.25) is 11.5 Å². The molecular formula is C19H19F3N2O2. The predicted molar refractivity (Wildman–Crippen MR) is 90.8 cm³/mol. The van der Waals surface area contributed by atoms with Gasteiger partial charge in [-0.25, -0.2) is 0 Å². The van der Waals surface area contributed by atoms with Crippen LogP contribution >= 0.6 is 0 Å². The third-order valence-corrected chi connectivity index (χ3v) is 4.78. The molecule has 1 amide bonds. The quantitative estimate of drug-likeness (QED) is 0.908. The number of rotatable bonds is 3. The van der Waals surface area contributed by atoms with Crippen LogP contribution < -0.4 is 5.56 Å². The molecule has 1 aromatic carbocycles. The first-order valence-corrected chi connectivity index (χ1v) is 8.46. The van der Waals surface area contributed by atoms with Gasteiger partial charge in [-0.1, -0.05) is 18.2 Å². The molecule has 138 valence electrons. The summed E-state index contributed by atoms with van der Waals surface area (Å²) in [7, 11) is 0. The summed E-state index contributed by atoms with van der Waals surface area (Å²) in [6.07, 6.45) is -1.74. The molecule has 7 heteroatoms. The first-order chi connectivity index (χ1) is 12.3. The van der Waals surface area contributed by atoms with Crippen molar-refractivity contribution < 1.29 is 18.0 Å². The van der Waals surface area contributed by atoms with Crippen molar-refractivity contribution in [3.63, 3.8) is 0 Å². The van der Waals surface area contributed by atoms with E-state index >= 15 is 0 Å². The summed E-state index contributed by atoms with van der Waals surface area (Å²) < 4.78 is 39.2. The number of hydrogen-bond acceptors (Lipinski definition) is 2. The van der Waals surface area contributed by atoms with E-state index in [2.05, 4.69) is 4.98 Å². The maximum absolute atomic E-state index is 13.1. The van der Waals surface area contributed by atoms with Crippen LogP contribution in [0.25, 0.3) is 0 Å². The Morgan fingerprint density at radius 1 is 1.15 bits per heavy atom. The Bertz CT molecular complexity index is 837. The van der Waals surface area contributed by atoms with Gasteiger partial charge in [0, 0.05) is 25.4 Å². The molecule has 0 saturated carbocycles. The Morgan fingerprint density at radius 3 is 2.50 bits per heavy atom. The fourth-order valence-corrected chi connectivity index (χ4v) is 3.40. The monoisotopic (exact) mass is 364 g/mol. The number of halogens is 3. The molecule has 1 N–H and O–H groups in total.